The van der Waals surface area contributed by atoms with Crippen molar-refractivity contribution < 1.29 is 14.3 Å². The van der Waals surface area contributed by atoms with Crippen molar-refractivity contribution in [2.24, 2.45) is 0 Å². The summed E-state index contributed by atoms with van der Waals surface area (Å²) in [6.45, 7) is 3.09. The summed E-state index contributed by atoms with van der Waals surface area (Å²) in [5.74, 6) is 1.15. The molecule has 0 amide bonds. The molecule has 0 saturated carbocycles. The van der Waals surface area contributed by atoms with Crippen LogP contribution in [-0.4, -0.2) is 19.0 Å². The van der Waals surface area contributed by atoms with Crippen LogP contribution in [0.1, 0.15) is 27.2 Å². The van der Waals surface area contributed by atoms with E-state index in [0.717, 1.165) is 12.0 Å². The van der Waals surface area contributed by atoms with Crippen LogP contribution in [0.3, 0.4) is 0 Å². The highest BCUT2D eigenvalue weighted by atomic mass is 79.9. The van der Waals surface area contributed by atoms with Crippen molar-refractivity contribution in [3.8, 4) is 11.5 Å². The number of hydrogen-bond donors (Lipinski definition) is 0. The molecule has 1 aliphatic rings. The fourth-order valence-electron chi connectivity index (χ4n) is 2.06. The van der Waals surface area contributed by atoms with Crippen molar-refractivity contribution in [2.75, 3.05) is 13.2 Å². The quantitative estimate of drug-likeness (QED) is 0.690. The molecule has 110 valence electrons. The van der Waals surface area contributed by atoms with Gasteiger partial charge in [0.2, 0.25) is 5.78 Å². The molecule has 0 fully saturated rings. The molecule has 0 N–H and O–H groups in total. The first kappa shape index (κ1) is 14.9. The number of fused-ring (bicyclic) bond motifs is 1. The van der Waals surface area contributed by atoms with Crippen LogP contribution in [0, 0.1) is 6.92 Å². The average molecular weight is 388 g/mol. The molecule has 0 atom stereocenters. The zero-order valence-electron chi connectivity index (χ0n) is 11.2. The Bertz CT molecular complexity index is 711. The number of aryl methyl sites for hydroxylation is 1. The lowest BCUT2D eigenvalue weighted by Gasteiger charge is -2.10. The van der Waals surface area contributed by atoms with Gasteiger partial charge in [0.05, 0.1) is 23.1 Å². The van der Waals surface area contributed by atoms with Crippen molar-refractivity contribution in [2.45, 2.75) is 13.3 Å². The second-order valence-corrected chi connectivity index (χ2v) is 6.83. The molecule has 2 aromatic rings. The molecule has 0 unspecified atom stereocenters. The first-order chi connectivity index (χ1) is 10.1. The van der Waals surface area contributed by atoms with E-state index in [2.05, 4.69) is 15.9 Å². The van der Waals surface area contributed by atoms with E-state index < -0.39 is 0 Å². The maximum absolute atomic E-state index is 12.7. The maximum Gasteiger partial charge on any atom is 0.205 e. The van der Waals surface area contributed by atoms with Gasteiger partial charge < -0.3 is 9.47 Å². The molecule has 0 aliphatic carbocycles. The molecular weight excluding hydrogens is 376 g/mol. The van der Waals surface area contributed by atoms with Gasteiger partial charge >= 0.3 is 0 Å². The van der Waals surface area contributed by atoms with E-state index in [1.807, 2.05) is 12.3 Å². The minimum absolute atomic E-state index is 0.111. The Kier molecular flexibility index (Phi) is 4.24. The Morgan fingerprint density at radius 2 is 1.95 bits per heavy atom. The van der Waals surface area contributed by atoms with Gasteiger partial charge in [-0.25, -0.2) is 0 Å². The number of halogens is 2. The summed E-state index contributed by atoms with van der Waals surface area (Å²) in [5.41, 5.74) is 1.44. The molecule has 0 bridgehead atoms. The van der Waals surface area contributed by atoms with Gasteiger partial charge in [-0.15, -0.1) is 11.3 Å². The molecule has 1 aromatic heterocycles. The van der Waals surface area contributed by atoms with E-state index in [9.17, 15) is 4.79 Å². The molecule has 0 spiro atoms. The number of carbonyl (C=O) groups excluding carboxylic acids is 1. The predicted molar refractivity (Wildman–Crippen MR) is 87.2 cm³/mol. The third-order valence-corrected chi connectivity index (χ3v) is 5.54. The Balaban J connectivity index is 2.04. The van der Waals surface area contributed by atoms with Gasteiger partial charge in [-0.3, -0.25) is 4.79 Å². The molecule has 1 aromatic carbocycles. The van der Waals surface area contributed by atoms with E-state index in [-0.39, 0.29) is 5.78 Å². The van der Waals surface area contributed by atoms with Gasteiger partial charge in [-0.1, -0.05) is 11.6 Å². The molecule has 1 aliphatic heterocycles. The number of thiophene rings is 1. The summed E-state index contributed by atoms with van der Waals surface area (Å²) in [4.78, 5) is 13.2. The van der Waals surface area contributed by atoms with Gasteiger partial charge in [0, 0.05) is 16.5 Å². The monoisotopic (exact) mass is 386 g/mol. The lowest BCUT2D eigenvalue weighted by atomic mass is 10.1. The summed E-state index contributed by atoms with van der Waals surface area (Å²) >= 11 is 11.0. The first-order valence-corrected chi connectivity index (χ1v) is 8.50. The fourth-order valence-corrected chi connectivity index (χ4v) is 3.80. The van der Waals surface area contributed by atoms with Crippen LogP contribution in [0.5, 0.6) is 11.5 Å². The van der Waals surface area contributed by atoms with Crippen LogP contribution in [0.4, 0.5) is 0 Å². The topological polar surface area (TPSA) is 35.5 Å². The highest BCUT2D eigenvalue weighted by molar-refractivity contribution is 9.10. The predicted octanol–water partition coefficient (Wildman–Crippen LogP) is 4.86. The maximum atomic E-state index is 12.7. The minimum Gasteiger partial charge on any atom is -0.490 e. The summed E-state index contributed by atoms with van der Waals surface area (Å²) in [5, 5.41) is 2.40. The largest absolute Gasteiger partial charge is 0.490 e. The van der Waals surface area contributed by atoms with Gasteiger partial charge in [-0.05, 0) is 45.9 Å². The van der Waals surface area contributed by atoms with Crippen LogP contribution < -0.4 is 9.47 Å². The van der Waals surface area contributed by atoms with Gasteiger partial charge in [0.15, 0.2) is 11.5 Å². The molecule has 6 heteroatoms. The van der Waals surface area contributed by atoms with Crippen LogP contribution in [-0.2, 0) is 0 Å². The highest BCUT2D eigenvalue weighted by Crippen LogP contribution is 2.38. The van der Waals surface area contributed by atoms with E-state index in [4.69, 9.17) is 21.1 Å². The molecule has 21 heavy (non-hydrogen) atoms. The van der Waals surface area contributed by atoms with E-state index in [1.54, 1.807) is 12.1 Å². The van der Waals surface area contributed by atoms with E-state index in [1.165, 1.54) is 11.3 Å². The van der Waals surface area contributed by atoms with Crippen molar-refractivity contribution in [3.05, 3.63) is 43.0 Å². The van der Waals surface area contributed by atoms with E-state index in [0.29, 0.717) is 44.6 Å². The lowest BCUT2D eigenvalue weighted by molar-refractivity contribution is 0.104. The average Bonchev–Trinajstić information content (AvgIpc) is 2.67. The Hall–Kier alpha value is -1.04. The van der Waals surface area contributed by atoms with Crippen LogP contribution in [0.25, 0.3) is 0 Å². The standard InChI is InChI=1S/C15H12BrClO3S/c1-8-7-21-15(13(8)17)14(18)9-5-11-12(6-10(9)16)20-4-2-3-19-11/h5-7H,2-4H2,1H3. The van der Waals surface area contributed by atoms with E-state index >= 15 is 0 Å². The van der Waals surface area contributed by atoms with Crippen LogP contribution in [0.15, 0.2) is 22.0 Å². The number of ether oxygens (including phenoxy) is 2. The summed E-state index contributed by atoms with van der Waals surface area (Å²) in [6.07, 6.45) is 0.825. The minimum atomic E-state index is -0.111. The zero-order chi connectivity index (χ0) is 15.0. The molecule has 3 rings (SSSR count). The smallest absolute Gasteiger partial charge is 0.205 e. The molecule has 2 heterocycles. The fraction of sp³-hybridized carbons (Fsp3) is 0.267. The number of benzene rings is 1. The number of carbonyl (C=O) groups is 1. The Morgan fingerprint density at radius 3 is 2.57 bits per heavy atom. The molecular formula is C15H12BrClO3S. The molecule has 0 radical (unpaired) electrons. The summed E-state index contributed by atoms with van der Waals surface area (Å²) in [6, 6.07) is 3.50. The molecule has 0 saturated heterocycles. The Labute approximate surface area is 140 Å². The highest BCUT2D eigenvalue weighted by Gasteiger charge is 2.22. The van der Waals surface area contributed by atoms with Crippen molar-refractivity contribution in [3.63, 3.8) is 0 Å². The first-order valence-electron chi connectivity index (χ1n) is 6.45. The van der Waals surface area contributed by atoms with Crippen LogP contribution >= 0.6 is 38.9 Å². The zero-order valence-corrected chi connectivity index (χ0v) is 14.4. The number of ketones is 1. The second-order valence-electron chi connectivity index (χ2n) is 4.72. The van der Waals surface area contributed by atoms with Gasteiger partial charge in [0.25, 0.3) is 0 Å². The lowest BCUT2D eigenvalue weighted by Crippen LogP contribution is -2.03. The van der Waals surface area contributed by atoms with Crippen molar-refractivity contribution in [1.29, 1.82) is 0 Å². The SMILES string of the molecule is Cc1csc(C(=O)c2cc3c(cc2Br)OCCCO3)c1Cl. The van der Waals surface area contributed by atoms with Crippen molar-refractivity contribution in [1.82, 2.24) is 0 Å². The Morgan fingerprint density at radius 1 is 1.29 bits per heavy atom. The number of hydrogen-bond acceptors (Lipinski definition) is 4. The van der Waals surface area contributed by atoms with Gasteiger partial charge in [-0.2, -0.15) is 0 Å². The summed E-state index contributed by atoms with van der Waals surface area (Å²) in [7, 11) is 0. The van der Waals surface area contributed by atoms with Crippen molar-refractivity contribution >= 4 is 44.7 Å². The number of rotatable bonds is 2. The third kappa shape index (κ3) is 2.82. The van der Waals surface area contributed by atoms with Crippen LogP contribution in [0.2, 0.25) is 5.02 Å². The second kappa shape index (κ2) is 5.99. The summed E-state index contributed by atoms with van der Waals surface area (Å²) < 4.78 is 11.9. The normalized spacial score (nSPS) is 13.9. The third-order valence-electron chi connectivity index (χ3n) is 3.19. The molecule has 3 nitrogen and oxygen atoms in total. The van der Waals surface area contributed by atoms with Gasteiger partial charge in [0.1, 0.15) is 0 Å².